The summed E-state index contributed by atoms with van der Waals surface area (Å²) in [5.41, 5.74) is 12.1. The van der Waals surface area contributed by atoms with Crippen LogP contribution in [-0.2, 0) is 0 Å². The lowest BCUT2D eigenvalue weighted by Gasteiger charge is -2.18. The Bertz CT molecular complexity index is 2850. The highest BCUT2D eigenvalue weighted by Crippen LogP contribution is 2.45. The van der Waals surface area contributed by atoms with Crippen molar-refractivity contribution in [2.24, 2.45) is 0 Å². The summed E-state index contributed by atoms with van der Waals surface area (Å²) >= 11 is 0. The van der Waals surface area contributed by atoms with E-state index >= 15 is 0 Å². The van der Waals surface area contributed by atoms with Gasteiger partial charge in [-0.05, 0) is 78.7 Å². The van der Waals surface area contributed by atoms with E-state index in [1.165, 1.54) is 54.9 Å². The number of aromatic nitrogens is 1. The lowest BCUT2D eigenvalue weighted by atomic mass is 9.85. The van der Waals surface area contributed by atoms with Gasteiger partial charge in [-0.15, -0.1) is 0 Å². The van der Waals surface area contributed by atoms with Gasteiger partial charge in [0.1, 0.15) is 5.58 Å². The number of rotatable bonds is 4. The van der Waals surface area contributed by atoms with Crippen LogP contribution in [0.25, 0.3) is 99.0 Å². The normalized spacial score (nSPS) is 11.7. The zero-order valence-corrected chi connectivity index (χ0v) is 26.6. The molecule has 0 aliphatic rings. The number of fused-ring (bicyclic) bond motifs is 6. The van der Waals surface area contributed by atoms with Crippen molar-refractivity contribution < 1.29 is 4.42 Å². The highest BCUT2D eigenvalue weighted by Gasteiger charge is 2.19. The lowest BCUT2D eigenvalue weighted by molar-refractivity contribution is 0.656. The van der Waals surface area contributed by atoms with Crippen molar-refractivity contribution in [1.82, 2.24) is 4.98 Å². The van der Waals surface area contributed by atoms with Gasteiger partial charge in [-0.3, -0.25) is 0 Å². The minimum absolute atomic E-state index is 0.670. The summed E-state index contributed by atoms with van der Waals surface area (Å²) in [7, 11) is 0. The summed E-state index contributed by atoms with van der Waals surface area (Å²) in [6, 6.07) is 63.0. The second-order valence-electron chi connectivity index (χ2n) is 12.6. The Hall–Kier alpha value is -6.51. The lowest BCUT2D eigenvalue weighted by Crippen LogP contribution is -1.91. The first-order chi connectivity index (χ1) is 24.3. The minimum Gasteiger partial charge on any atom is -0.438 e. The van der Waals surface area contributed by atoms with Crippen molar-refractivity contribution in [2.75, 3.05) is 0 Å². The third-order valence-electron chi connectivity index (χ3n) is 9.88. The van der Waals surface area contributed by atoms with Gasteiger partial charge in [0.25, 0.3) is 0 Å². The number of furan rings is 1. The Morgan fingerprint density at radius 2 is 0.816 bits per heavy atom. The predicted molar refractivity (Wildman–Crippen MR) is 206 cm³/mol. The van der Waals surface area contributed by atoms with Gasteiger partial charge in [0.15, 0.2) is 0 Å². The molecule has 0 unspecified atom stereocenters. The Balaban J connectivity index is 1.20. The standard InChI is InChI=1S/C47H29NO/c1-3-13-31(14-4-1)43-35-17-7-8-18-36(35)44(32-15-5-2-6-16-32)40-29-34(27-28-37(40)43)30-23-25-33(26-24-30)45-38-19-9-11-21-41(38)48-47-46(45)39-20-10-12-22-42(39)49-47/h1-29H. The highest BCUT2D eigenvalue weighted by atomic mass is 16.3. The third-order valence-corrected chi connectivity index (χ3v) is 9.88. The van der Waals surface area contributed by atoms with Gasteiger partial charge in [0.05, 0.1) is 10.9 Å². The quantitative estimate of drug-likeness (QED) is 0.182. The maximum absolute atomic E-state index is 6.27. The van der Waals surface area contributed by atoms with E-state index in [1.54, 1.807) is 0 Å². The molecule has 0 N–H and O–H groups in total. The molecule has 2 heteroatoms. The van der Waals surface area contributed by atoms with Crippen LogP contribution in [0.3, 0.4) is 0 Å². The van der Waals surface area contributed by atoms with E-state index < -0.39 is 0 Å². The molecule has 10 aromatic rings. The first-order valence-electron chi connectivity index (χ1n) is 16.7. The molecule has 2 nitrogen and oxygen atoms in total. The molecule has 10 rings (SSSR count). The molecule has 49 heavy (non-hydrogen) atoms. The summed E-state index contributed by atoms with van der Waals surface area (Å²) in [4.78, 5) is 4.91. The molecular weight excluding hydrogens is 595 g/mol. The topological polar surface area (TPSA) is 26.0 Å². The third kappa shape index (κ3) is 4.38. The molecule has 2 heterocycles. The van der Waals surface area contributed by atoms with Crippen LogP contribution in [0.2, 0.25) is 0 Å². The van der Waals surface area contributed by atoms with Gasteiger partial charge in [-0.1, -0.05) is 158 Å². The minimum atomic E-state index is 0.670. The van der Waals surface area contributed by atoms with Crippen molar-refractivity contribution in [3.63, 3.8) is 0 Å². The molecule has 0 fully saturated rings. The van der Waals surface area contributed by atoms with E-state index in [0.29, 0.717) is 5.71 Å². The first kappa shape index (κ1) is 27.6. The number of hydrogen-bond donors (Lipinski definition) is 0. The van der Waals surface area contributed by atoms with Crippen LogP contribution in [-0.4, -0.2) is 4.98 Å². The summed E-state index contributed by atoms with van der Waals surface area (Å²) in [6.07, 6.45) is 0. The molecule has 0 saturated heterocycles. The number of para-hydroxylation sites is 2. The second kappa shape index (κ2) is 11.0. The summed E-state index contributed by atoms with van der Waals surface area (Å²) < 4.78 is 6.27. The van der Waals surface area contributed by atoms with Crippen molar-refractivity contribution in [1.29, 1.82) is 0 Å². The van der Waals surface area contributed by atoms with Crippen LogP contribution in [0.5, 0.6) is 0 Å². The molecule has 2 aromatic heterocycles. The van der Waals surface area contributed by atoms with Gasteiger partial charge in [0, 0.05) is 16.3 Å². The van der Waals surface area contributed by atoms with E-state index in [1.807, 2.05) is 18.2 Å². The van der Waals surface area contributed by atoms with E-state index in [9.17, 15) is 0 Å². The fourth-order valence-electron chi connectivity index (χ4n) is 7.70. The molecule has 0 radical (unpaired) electrons. The molecule has 0 saturated carbocycles. The zero-order chi connectivity index (χ0) is 32.3. The van der Waals surface area contributed by atoms with E-state index in [4.69, 9.17) is 9.40 Å². The van der Waals surface area contributed by atoms with Crippen LogP contribution in [0.15, 0.2) is 180 Å². The second-order valence-corrected chi connectivity index (χ2v) is 12.6. The Morgan fingerprint density at radius 3 is 1.51 bits per heavy atom. The van der Waals surface area contributed by atoms with Crippen molar-refractivity contribution >= 4 is 54.5 Å². The molecule has 0 atom stereocenters. The van der Waals surface area contributed by atoms with Gasteiger partial charge in [-0.25, -0.2) is 4.98 Å². The van der Waals surface area contributed by atoms with Gasteiger partial charge >= 0.3 is 0 Å². The molecule has 0 aliphatic heterocycles. The van der Waals surface area contributed by atoms with Crippen LogP contribution >= 0.6 is 0 Å². The van der Waals surface area contributed by atoms with Crippen molar-refractivity contribution in [3.05, 3.63) is 176 Å². The monoisotopic (exact) mass is 623 g/mol. The van der Waals surface area contributed by atoms with Crippen molar-refractivity contribution in [3.8, 4) is 44.5 Å². The van der Waals surface area contributed by atoms with E-state index in [2.05, 4.69) is 158 Å². The Labute approximate surface area is 283 Å². The smallest absolute Gasteiger partial charge is 0.228 e. The van der Waals surface area contributed by atoms with E-state index in [-0.39, 0.29) is 0 Å². The molecule has 0 spiro atoms. The predicted octanol–water partition coefficient (Wildman–Crippen LogP) is 13.1. The zero-order valence-electron chi connectivity index (χ0n) is 26.6. The van der Waals surface area contributed by atoms with Crippen LogP contribution in [0, 0.1) is 0 Å². The van der Waals surface area contributed by atoms with Crippen LogP contribution < -0.4 is 0 Å². The van der Waals surface area contributed by atoms with Gasteiger partial charge in [0.2, 0.25) is 5.71 Å². The molecule has 228 valence electrons. The fourth-order valence-corrected chi connectivity index (χ4v) is 7.70. The Morgan fingerprint density at radius 1 is 0.327 bits per heavy atom. The number of nitrogens with zero attached hydrogens (tertiary/aromatic N) is 1. The highest BCUT2D eigenvalue weighted by molar-refractivity contribution is 6.22. The molecule has 8 aromatic carbocycles. The largest absolute Gasteiger partial charge is 0.438 e. The first-order valence-corrected chi connectivity index (χ1v) is 16.7. The average Bonchev–Trinajstić information content (AvgIpc) is 3.54. The summed E-state index contributed by atoms with van der Waals surface area (Å²) in [6.45, 7) is 0. The van der Waals surface area contributed by atoms with Gasteiger partial charge in [-0.2, -0.15) is 0 Å². The summed E-state index contributed by atoms with van der Waals surface area (Å²) in [5, 5.41) is 8.28. The molecular formula is C47H29NO. The molecule has 0 amide bonds. The molecule has 0 bridgehead atoms. The summed E-state index contributed by atoms with van der Waals surface area (Å²) in [5.74, 6) is 0. The Kier molecular flexibility index (Phi) is 6.22. The van der Waals surface area contributed by atoms with Gasteiger partial charge < -0.3 is 4.42 Å². The maximum Gasteiger partial charge on any atom is 0.228 e. The molecule has 0 aliphatic carbocycles. The van der Waals surface area contributed by atoms with Crippen molar-refractivity contribution in [2.45, 2.75) is 0 Å². The average molecular weight is 624 g/mol. The van der Waals surface area contributed by atoms with Crippen LogP contribution in [0.1, 0.15) is 0 Å². The number of hydrogen-bond acceptors (Lipinski definition) is 2. The maximum atomic E-state index is 6.27. The van der Waals surface area contributed by atoms with E-state index in [0.717, 1.165) is 38.4 Å². The SMILES string of the molecule is c1ccc(-c2c3ccccc3c(-c3ccccc3)c3cc(-c4ccc(-c5c6ccccc6nc6oc7ccccc7c56)cc4)ccc23)cc1. The fraction of sp³-hybridized carbons (Fsp3) is 0. The number of benzene rings is 8. The number of pyridine rings is 1. The van der Waals surface area contributed by atoms with Crippen LogP contribution in [0.4, 0.5) is 0 Å².